The molecule has 0 aliphatic rings. The van der Waals surface area contributed by atoms with Crippen molar-refractivity contribution in [3.8, 4) is 0 Å². The molecule has 1 unspecified atom stereocenters. The number of halogens is 1. The highest BCUT2D eigenvalue weighted by Gasteiger charge is 2.12. The number of hydrogen-bond donors (Lipinski definition) is 1. The minimum atomic E-state index is 0.0281. The van der Waals surface area contributed by atoms with Crippen LogP contribution in [0.5, 0.6) is 0 Å². The fraction of sp³-hybridized carbons (Fsp3) is 0.250. The van der Waals surface area contributed by atoms with Gasteiger partial charge in [0.2, 0.25) is 0 Å². The summed E-state index contributed by atoms with van der Waals surface area (Å²) in [5.41, 5.74) is 11.4. The van der Waals surface area contributed by atoms with Crippen LogP contribution in [0.1, 0.15) is 28.3 Å². The van der Waals surface area contributed by atoms with Crippen molar-refractivity contribution in [2.75, 3.05) is 0 Å². The van der Waals surface area contributed by atoms with E-state index in [2.05, 4.69) is 72.2 Å². The SMILES string of the molecule is Cc1ccccc1CC(N)c1cccc(C)c1Br. The highest BCUT2D eigenvalue weighted by atomic mass is 79.9. The third-order valence-corrected chi connectivity index (χ3v) is 4.41. The Morgan fingerprint density at radius 3 is 2.39 bits per heavy atom. The van der Waals surface area contributed by atoms with Crippen molar-refractivity contribution >= 4 is 15.9 Å². The average Bonchev–Trinajstić information content (AvgIpc) is 2.35. The Kier molecular flexibility index (Phi) is 4.20. The first-order valence-corrected chi connectivity index (χ1v) is 6.94. The Bertz CT molecular complexity index is 549. The molecule has 2 aromatic carbocycles. The van der Waals surface area contributed by atoms with Gasteiger partial charge in [0.15, 0.2) is 0 Å². The summed E-state index contributed by atoms with van der Waals surface area (Å²) in [4.78, 5) is 0. The van der Waals surface area contributed by atoms with Crippen LogP contribution in [0.4, 0.5) is 0 Å². The molecule has 0 fully saturated rings. The summed E-state index contributed by atoms with van der Waals surface area (Å²) in [6.45, 7) is 4.22. The van der Waals surface area contributed by atoms with Gasteiger partial charge in [-0.15, -0.1) is 0 Å². The van der Waals surface area contributed by atoms with Gasteiger partial charge in [-0.1, -0.05) is 58.4 Å². The molecule has 0 aromatic heterocycles. The molecule has 2 heteroatoms. The predicted octanol–water partition coefficient (Wildman–Crippen LogP) is 4.31. The molecule has 1 nitrogen and oxygen atoms in total. The van der Waals surface area contributed by atoms with Crippen LogP contribution in [0.3, 0.4) is 0 Å². The van der Waals surface area contributed by atoms with E-state index in [1.807, 2.05) is 0 Å². The van der Waals surface area contributed by atoms with E-state index in [1.165, 1.54) is 22.3 Å². The molecule has 18 heavy (non-hydrogen) atoms. The van der Waals surface area contributed by atoms with Gasteiger partial charge in [-0.2, -0.15) is 0 Å². The maximum atomic E-state index is 6.34. The van der Waals surface area contributed by atoms with E-state index >= 15 is 0 Å². The molecule has 0 amide bonds. The Morgan fingerprint density at radius 1 is 1.00 bits per heavy atom. The van der Waals surface area contributed by atoms with Crippen molar-refractivity contribution in [2.24, 2.45) is 5.73 Å². The van der Waals surface area contributed by atoms with Gasteiger partial charge in [0, 0.05) is 10.5 Å². The molecule has 0 spiro atoms. The Labute approximate surface area is 117 Å². The third-order valence-electron chi connectivity index (χ3n) is 3.32. The largest absolute Gasteiger partial charge is 0.324 e. The average molecular weight is 304 g/mol. The van der Waals surface area contributed by atoms with Crippen LogP contribution in [0.25, 0.3) is 0 Å². The van der Waals surface area contributed by atoms with Crippen molar-refractivity contribution < 1.29 is 0 Å². The molecule has 0 radical (unpaired) electrons. The maximum Gasteiger partial charge on any atom is 0.0347 e. The van der Waals surface area contributed by atoms with E-state index in [0.717, 1.165) is 10.9 Å². The van der Waals surface area contributed by atoms with Gasteiger partial charge >= 0.3 is 0 Å². The smallest absolute Gasteiger partial charge is 0.0347 e. The molecule has 94 valence electrons. The molecule has 0 saturated carbocycles. The van der Waals surface area contributed by atoms with E-state index in [-0.39, 0.29) is 6.04 Å². The molecule has 0 heterocycles. The number of nitrogens with two attached hydrogens (primary N) is 1. The zero-order valence-corrected chi connectivity index (χ0v) is 12.4. The second-order valence-corrected chi connectivity index (χ2v) is 5.51. The molecule has 2 N–H and O–H groups in total. The molecule has 0 aliphatic carbocycles. The van der Waals surface area contributed by atoms with Crippen molar-refractivity contribution in [3.63, 3.8) is 0 Å². The van der Waals surface area contributed by atoms with Crippen molar-refractivity contribution in [1.82, 2.24) is 0 Å². The van der Waals surface area contributed by atoms with Gasteiger partial charge in [0.25, 0.3) is 0 Å². The minimum Gasteiger partial charge on any atom is -0.324 e. The third kappa shape index (κ3) is 2.82. The Balaban J connectivity index is 2.25. The van der Waals surface area contributed by atoms with E-state index in [0.29, 0.717) is 0 Å². The fourth-order valence-corrected chi connectivity index (χ4v) is 2.70. The van der Waals surface area contributed by atoms with Crippen molar-refractivity contribution in [1.29, 1.82) is 0 Å². The fourth-order valence-electron chi connectivity index (χ4n) is 2.14. The van der Waals surface area contributed by atoms with Crippen LogP contribution in [0.2, 0.25) is 0 Å². The lowest BCUT2D eigenvalue weighted by atomic mass is 9.96. The maximum absolute atomic E-state index is 6.34. The van der Waals surface area contributed by atoms with Gasteiger partial charge < -0.3 is 5.73 Å². The Morgan fingerprint density at radius 2 is 1.67 bits per heavy atom. The van der Waals surface area contributed by atoms with E-state index in [9.17, 15) is 0 Å². The van der Waals surface area contributed by atoms with Crippen molar-refractivity contribution in [3.05, 3.63) is 69.2 Å². The summed E-state index contributed by atoms with van der Waals surface area (Å²) >= 11 is 3.63. The quantitative estimate of drug-likeness (QED) is 0.898. The number of hydrogen-bond acceptors (Lipinski definition) is 1. The number of aryl methyl sites for hydroxylation is 2. The molecule has 2 rings (SSSR count). The lowest BCUT2D eigenvalue weighted by molar-refractivity contribution is 0.714. The van der Waals surface area contributed by atoms with Gasteiger partial charge in [-0.3, -0.25) is 0 Å². The highest BCUT2D eigenvalue weighted by Crippen LogP contribution is 2.27. The van der Waals surface area contributed by atoms with Crippen molar-refractivity contribution in [2.45, 2.75) is 26.3 Å². The van der Waals surface area contributed by atoms with Crippen LogP contribution in [-0.2, 0) is 6.42 Å². The number of benzene rings is 2. The molecule has 1 atom stereocenters. The topological polar surface area (TPSA) is 26.0 Å². The monoisotopic (exact) mass is 303 g/mol. The summed E-state index contributed by atoms with van der Waals surface area (Å²) < 4.78 is 1.13. The lowest BCUT2D eigenvalue weighted by Gasteiger charge is -2.16. The zero-order chi connectivity index (χ0) is 13.1. The van der Waals surface area contributed by atoms with Crippen LogP contribution >= 0.6 is 15.9 Å². The predicted molar refractivity (Wildman–Crippen MR) is 80.7 cm³/mol. The van der Waals surface area contributed by atoms with Gasteiger partial charge in [-0.05, 0) is 42.5 Å². The second-order valence-electron chi connectivity index (χ2n) is 4.72. The first kappa shape index (κ1) is 13.3. The molecular formula is C16H18BrN. The first-order valence-electron chi connectivity index (χ1n) is 6.14. The summed E-state index contributed by atoms with van der Waals surface area (Å²) in [5, 5.41) is 0. The van der Waals surface area contributed by atoms with E-state index in [4.69, 9.17) is 5.73 Å². The molecule has 0 saturated heterocycles. The van der Waals surface area contributed by atoms with E-state index < -0.39 is 0 Å². The van der Waals surface area contributed by atoms with Gasteiger partial charge in [0.05, 0.1) is 0 Å². The van der Waals surface area contributed by atoms with Crippen LogP contribution < -0.4 is 5.73 Å². The van der Waals surface area contributed by atoms with E-state index in [1.54, 1.807) is 0 Å². The lowest BCUT2D eigenvalue weighted by Crippen LogP contribution is -2.14. The van der Waals surface area contributed by atoms with Crippen LogP contribution in [0, 0.1) is 13.8 Å². The van der Waals surface area contributed by atoms with Gasteiger partial charge in [0.1, 0.15) is 0 Å². The molecule has 0 aliphatic heterocycles. The number of rotatable bonds is 3. The minimum absolute atomic E-state index is 0.0281. The second kappa shape index (κ2) is 5.68. The standard InChI is InChI=1S/C16H18BrN/c1-11-6-3-4-8-13(11)10-15(18)14-9-5-7-12(2)16(14)17/h3-9,15H,10,18H2,1-2H3. The molecule has 0 bridgehead atoms. The van der Waals surface area contributed by atoms with Gasteiger partial charge in [-0.25, -0.2) is 0 Å². The van der Waals surface area contributed by atoms with Crippen LogP contribution in [0.15, 0.2) is 46.9 Å². The summed E-state index contributed by atoms with van der Waals surface area (Å²) in [6.07, 6.45) is 0.870. The van der Waals surface area contributed by atoms with Crippen LogP contribution in [-0.4, -0.2) is 0 Å². The summed E-state index contributed by atoms with van der Waals surface area (Å²) in [7, 11) is 0. The Hall–Kier alpha value is -1.12. The highest BCUT2D eigenvalue weighted by molar-refractivity contribution is 9.10. The normalized spacial score (nSPS) is 12.4. The molecule has 2 aromatic rings. The first-order chi connectivity index (χ1) is 8.59. The molecular weight excluding hydrogens is 286 g/mol. The zero-order valence-electron chi connectivity index (χ0n) is 10.8. The summed E-state index contributed by atoms with van der Waals surface area (Å²) in [6, 6.07) is 14.7. The summed E-state index contributed by atoms with van der Waals surface area (Å²) in [5.74, 6) is 0.